The van der Waals surface area contributed by atoms with Crippen molar-refractivity contribution >= 4 is 19.2 Å². The highest BCUT2D eigenvalue weighted by Gasteiger charge is 2.36. The van der Waals surface area contributed by atoms with Gasteiger partial charge in [0.05, 0.1) is 20.2 Å². The van der Waals surface area contributed by atoms with Crippen LogP contribution in [-0.2, 0) is 4.74 Å². The number of ether oxygens (including phenoxy) is 1. The van der Waals surface area contributed by atoms with Crippen LogP contribution in [0.25, 0.3) is 5.20 Å². The van der Waals surface area contributed by atoms with Crippen LogP contribution >= 0.6 is 0 Å². The van der Waals surface area contributed by atoms with Crippen molar-refractivity contribution in [2.24, 2.45) is 0 Å². The average Bonchev–Trinajstić information content (AvgIpc) is 2.55. The molecule has 0 aliphatic rings. The first-order valence-electron chi connectivity index (χ1n) is 8.30. The van der Waals surface area contributed by atoms with Gasteiger partial charge in [0.1, 0.15) is 0 Å². The van der Waals surface area contributed by atoms with Crippen molar-refractivity contribution in [3.63, 3.8) is 0 Å². The molecule has 0 atom stereocenters. The predicted molar refractivity (Wildman–Crippen MR) is 93.6 cm³/mol. The number of alkyl halides is 3. The quantitative estimate of drug-likeness (QED) is 0.451. The first-order chi connectivity index (χ1) is 11.2. The number of benzene rings is 1. The SMILES string of the molecule is CCOC(=O)c1ccc(/C(=C\C(F)(F)F)[Si](CC)(CC)CC)cc1. The third kappa shape index (κ3) is 4.96. The summed E-state index contributed by atoms with van der Waals surface area (Å²) in [7, 11) is -2.23. The molecule has 0 fully saturated rings. The lowest BCUT2D eigenvalue weighted by molar-refractivity contribution is -0.0792. The molecular weight excluding hydrogens is 333 g/mol. The van der Waals surface area contributed by atoms with Crippen LogP contribution in [-0.4, -0.2) is 26.8 Å². The molecule has 0 amide bonds. The number of carbonyl (C=O) groups excluding carboxylic acids is 1. The summed E-state index contributed by atoms with van der Waals surface area (Å²) in [5.41, 5.74) is 0.904. The van der Waals surface area contributed by atoms with E-state index >= 15 is 0 Å². The molecule has 0 saturated heterocycles. The maximum Gasteiger partial charge on any atom is 0.409 e. The zero-order valence-electron chi connectivity index (χ0n) is 14.7. The monoisotopic (exact) mass is 358 g/mol. The molecule has 1 aromatic rings. The fraction of sp³-hybridized carbons (Fsp3) is 0.500. The van der Waals surface area contributed by atoms with Crippen LogP contribution in [0.15, 0.2) is 30.3 Å². The first kappa shape index (κ1) is 20.5. The fourth-order valence-electron chi connectivity index (χ4n) is 3.03. The van der Waals surface area contributed by atoms with Gasteiger partial charge in [0.15, 0.2) is 0 Å². The van der Waals surface area contributed by atoms with Gasteiger partial charge in [-0.2, -0.15) is 13.2 Å². The number of hydrogen-bond acceptors (Lipinski definition) is 2. The molecule has 24 heavy (non-hydrogen) atoms. The van der Waals surface area contributed by atoms with Gasteiger partial charge >= 0.3 is 12.1 Å². The molecular formula is C18H25F3O2Si. The maximum absolute atomic E-state index is 13.1. The van der Waals surface area contributed by atoms with Gasteiger partial charge in [-0.15, -0.1) is 0 Å². The summed E-state index contributed by atoms with van der Waals surface area (Å²) in [5, 5.41) is 0.415. The van der Waals surface area contributed by atoms with Crippen LogP contribution in [0.3, 0.4) is 0 Å². The minimum Gasteiger partial charge on any atom is -0.462 e. The van der Waals surface area contributed by atoms with Gasteiger partial charge in [-0.05, 0) is 29.8 Å². The summed E-state index contributed by atoms with van der Waals surface area (Å²) in [6.07, 6.45) is -3.89. The molecule has 0 N–H and O–H groups in total. The second kappa shape index (κ2) is 8.51. The normalized spacial score (nSPS) is 13.0. The van der Waals surface area contributed by atoms with Gasteiger partial charge < -0.3 is 4.74 Å². The second-order valence-electron chi connectivity index (χ2n) is 5.74. The van der Waals surface area contributed by atoms with Crippen LogP contribution < -0.4 is 0 Å². The minimum atomic E-state index is -4.35. The lowest BCUT2D eigenvalue weighted by atomic mass is 10.1. The van der Waals surface area contributed by atoms with Crippen molar-refractivity contribution in [2.45, 2.75) is 52.0 Å². The fourth-order valence-corrected chi connectivity index (χ4v) is 6.92. The highest BCUT2D eigenvalue weighted by atomic mass is 28.3. The number of carbonyl (C=O) groups is 1. The van der Waals surface area contributed by atoms with E-state index in [1.54, 1.807) is 19.1 Å². The molecule has 1 aromatic carbocycles. The molecule has 134 valence electrons. The van der Waals surface area contributed by atoms with Crippen molar-refractivity contribution in [3.8, 4) is 0 Å². The Morgan fingerprint density at radius 2 is 1.46 bits per heavy atom. The Hall–Kier alpha value is -1.56. The molecule has 0 bridgehead atoms. The summed E-state index contributed by atoms with van der Waals surface area (Å²) in [4.78, 5) is 11.7. The van der Waals surface area contributed by atoms with Crippen LogP contribution in [0, 0.1) is 0 Å². The van der Waals surface area contributed by atoms with Gasteiger partial charge in [-0.3, -0.25) is 0 Å². The van der Waals surface area contributed by atoms with E-state index in [1.165, 1.54) is 12.1 Å². The van der Waals surface area contributed by atoms with Crippen molar-refractivity contribution in [1.82, 2.24) is 0 Å². The first-order valence-corrected chi connectivity index (χ1v) is 10.9. The van der Waals surface area contributed by atoms with Gasteiger partial charge in [0.2, 0.25) is 0 Å². The molecule has 0 heterocycles. The summed E-state index contributed by atoms with van der Waals surface area (Å²) < 4.78 is 44.2. The van der Waals surface area contributed by atoms with E-state index in [4.69, 9.17) is 4.74 Å². The van der Waals surface area contributed by atoms with Crippen LogP contribution in [0.4, 0.5) is 13.2 Å². The summed E-state index contributed by atoms with van der Waals surface area (Å²) in [5.74, 6) is -0.463. The number of hydrogen-bond donors (Lipinski definition) is 0. The third-order valence-corrected chi connectivity index (χ3v) is 10.3. The summed E-state index contributed by atoms with van der Waals surface area (Å²) >= 11 is 0. The van der Waals surface area contributed by atoms with E-state index < -0.39 is 20.2 Å². The second-order valence-corrected chi connectivity index (χ2v) is 11.0. The molecule has 6 heteroatoms. The van der Waals surface area contributed by atoms with Gasteiger partial charge in [-0.1, -0.05) is 51.0 Å². The van der Waals surface area contributed by atoms with E-state index in [2.05, 4.69) is 0 Å². The number of allylic oxidation sites excluding steroid dienone is 1. The Kier molecular flexibility index (Phi) is 7.26. The standard InChI is InChI=1S/C18H25F3O2Si/c1-5-23-17(22)15-11-9-14(10-12-15)16(13-18(19,20)21)24(6-2,7-3)8-4/h9-13H,5-8H2,1-4H3/b16-13+. The van der Waals surface area contributed by atoms with E-state index in [9.17, 15) is 18.0 Å². The van der Waals surface area contributed by atoms with Crippen molar-refractivity contribution in [3.05, 3.63) is 41.5 Å². The zero-order chi connectivity index (χ0) is 18.4. The molecule has 0 spiro atoms. The molecule has 0 radical (unpaired) electrons. The van der Waals surface area contributed by atoms with E-state index in [0.29, 0.717) is 22.4 Å². The lowest BCUT2D eigenvalue weighted by Crippen LogP contribution is -2.34. The van der Waals surface area contributed by atoms with Crippen LogP contribution in [0.2, 0.25) is 18.1 Å². The smallest absolute Gasteiger partial charge is 0.409 e. The number of halogens is 3. The highest BCUT2D eigenvalue weighted by molar-refractivity contribution is 6.96. The van der Waals surface area contributed by atoms with Gasteiger partial charge in [0, 0.05) is 6.08 Å². The Balaban J connectivity index is 3.36. The molecule has 0 unspecified atom stereocenters. The van der Waals surface area contributed by atoms with Crippen molar-refractivity contribution in [2.75, 3.05) is 6.61 Å². The van der Waals surface area contributed by atoms with E-state index in [1.807, 2.05) is 20.8 Å². The highest BCUT2D eigenvalue weighted by Crippen LogP contribution is 2.38. The third-order valence-electron chi connectivity index (χ3n) is 4.62. The lowest BCUT2D eigenvalue weighted by Gasteiger charge is -2.32. The maximum atomic E-state index is 13.1. The van der Waals surface area contributed by atoms with Crippen molar-refractivity contribution < 1.29 is 22.7 Å². The zero-order valence-corrected chi connectivity index (χ0v) is 15.7. The largest absolute Gasteiger partial charge is 0.462 e. The summed E-state index contributed by atoms with van der Waals surface area (Å²) in [6, 6.07) is 8.54. The van der Waals surface area contributed by atoms with Crippen molar-refractivity contribution in [1.29, 1.82) is 0 Å². The molecule has 0 aliphatic carbocycles. The van der Waals surface area contributed by atoms with Crippen LogP contribution in [0.5, 0.6) is 0 Å². The molecule has 0 aromatic heterocycles. The Morgan fingerprint density at radius 3 is 1.83 bits per heavy atom. The molecule has 1 rings (SSSR count). The Morgan fingerprint density at radius 1 is 1.00 bits per heavy atom. The van der Waals surface area contributed by atoms with Crippen LogP contribution in [0.1, 0.15) is 43.6 Å². The van der Waals surface area contributed by atoms with E-state index in [-0.39, 0.29) is 6.61 Å². The molecule has 2 nitrogen and oxygen atoms in total. The Labute approximate surface area is 142 Å². The topological polar surface area (TPSA) is 26.3 Å². The van der Waals surface area contributed by atoms with Gasteiger partial charge in [-0.25, -0.2) is 4.79 Å². The molecule has 0 saturated carbocycles. The average molecular weight is 358 g/mol. The Bertz CT molecular complexity index is 565. The predicted octanol–water partition coefficient (Wildman–Crippen LogP) is 5.86. The number of rotatable bonds is 7. The number of esters is 1. The summed E-state index contributed by atoms with van der Waals surface area (Å²) in [6.45, 7) is 7.88. The van der Waals surface area contributed by atoms with E-state index in [0.717, 1.165) is 18.1 Å². The van der Waals surface area contributed by atoms with Gasteiger partial charge in [0.25, 0.3) is 0 Å². The minimum absolute atomic E-state index is 0.261. The molecule has 0 aliphatic heterocycles.